The number of nitrogens with zero attached hydrogens (tertiary/aromatic N) is 4. The highest BCUT2D eigenvalue weighted by Crippen LogP contribution is 2.30. The van der Waals surface area contributed by atoms with Gasteiger partial charge in [0.25, 0.3) is 0 Å². The molecule has 1 atom stereocenters. The smallest absolute Gasteiger partial charge is 0.191 e. The Morgan fingerprint density at radius 2 is 1.72 bits per heavy atom. The first kappa shape index (κ1) is 22.6. The Hall–Kier alpha value is -2.64. The van der Waals surface area contributed by atoms with E-state index in [0.29, 0.717) is 0 Å². The summed E-state index contributed by atoms with van der Waals surface area (Å²) in [4.78, 5) is 4.81. The molecule has 5 nitrogen and oxygen atoms in total. The van der Waals surface area contributed by atoms with E-state index < -0.39 is 0 Å². The molecule has 0 aliphatic heterocycles. The summed E-state index contributed by atoms with van der Waals surface area (Å²) in [5, 5.41) is 13.0. The maximum Gasteiger partial charge on any atom is 0.191 e. The Morgan fingerprint density at radius 1 is 1.00 bits per heavy atom. The van der Waals surface area contributed by atoms with Gasteiger partial charge in [0, 0.05) is 23.2 Å². The minimum absolute atomic E-state index is 0.189. The first-order valence-electron chi connectivity index (χ1n) is 10.7. The normalized spacial score (nSPS) is 12.2. The molecule has 0 N–H and O–H groups in total. The Balaban J connectivity index is 1.44. The van der Waals surface area contributed by atoms with Crippen LogP contribution < -0.4 is 4.74 Å². The second kappa shape index (κ2) is 9.88. The maximum absolute atomic E-state index is 6.20. The van der Waals surface area contributed by atoms with Gasteiger partial charge in [-0.1, -0.05) is 47.7 Å². The van der Waals surface area contributed by atoms with Gasteiger partial charge in [-0.05, 0) is 57.9 Å². The predicted octanol–water partition coefficient (Wildman–Crippen LogP) is 6.78. The lowest BCUT2D eigenvalue weighted by Crippen LogP contribution is -2.12. The van der Waals surface area contributed by atoms with Crippen molar-refractivity contribution in [1.29, 1.82) is 0 Å². The van der Waals surface area contributed by atoms with Crippen LogP contribution in [0.2, 0.25) is 0 Å². The third-order valence-electron chi connectivity index (χ3n) is 5.13. The first-order chi connectivity index (χ1) is 15.4. The molecule has 0 aliphatic carbocycles. The quantitative estimate of drug-likeness (QED) is 0.269. The van der Waals surface area contributed by atoms with E-state index in [0.717, 1.165) is 45.3 Å². The Kier molecular flexibility index (Phi) is 6.96. The molecule has 4 aromatic rings. The van der Waals surface area contributed by atoms with E-state index in [4.69, 9.17) is 9.72 Å². The van der Waals surface area contributed by atoms with Gasteiger partial charge in [-0.3, -0.25) is 0 Å². The molecule has 166 valence electrons. The van der Waals surface area contributed by atoms with Crippen LogP contribution in [0.5, 0.6) is 5.75 Å². The lowest BCUT2D eigenvalue weighted by molar-refractivity contribution is 0.209. The molecule has 0 aliphatic rings. The minimum Gasteiger partial charge on any atom is -0.483 e. The van der Waals surface area contributed by atoms with Crippen LogP contribution in [-0.4, -0.2) is 19.7 Å². The van der Waals surface area contributed by atoms with Crippen LogP contribution >= 0.6 is 23.1 Å². The number of thioether (sulfide) groups is 1. The third-order valence-corrected chi connectivity index (χ3v) is 7.07. The summed E-state index contributed by atoms with van der Waals surface area (Å²) < 4.78 is 8.33. The summed E-state index contributed by atoms with van der Waals surface area (Å²) in [6.45, 7) is 11.2. The van der Waals surface area contributed by atoms with Gasteiger partial charge >= 0.3 is 0 Å². The highest BCUT2D eigenvalue weighted by Gasteiger charge is 2.19. The molecule has 0 saturated heterocycles. The van der Waals surface area contributed by atoms with Crippen molar-refractivity contribution in [2.45, 2.75) is 58.2 Å². The van der Waals surface area contributed by atoms with Crippen LogP contribution in [-0.2, 0) is 12.3 Å². The number of hydrogen-bond acceptors (Lipinski definition) is 6. The standard InChI is InChI=1S/C25H28N4OS2/c1-6-29-23(19(5)30-22-12-17(3)11-18(4)13-22)27-28-25(29)32-15-21-14-31-24(26-21)20-9-7-16(2)8-10-20/h7-14,19H,6,15H2,1-5H3. The fourth-order valence-corrected chi connectivity index (χ4v) is 5.44. The average Bonchev–Trinajstić information content (AvgIpc) is 3.38. The zero-order valence-electron chi connectivity index (χ0n) is 19.1. The maximum atomic E-state index is 6.20. The zero-order valence-corrected chi connectivity index (χ0v) is 20.8. The van der Waals surface area contributed by atoms with Crippen molar-refractivity contribution in [1.82, 2.24) is 19.7 Å². The number of aromatic nitrogens is 4. The summed E-state index contributed by atoms with van der Waals surface area (Å²) in [5.41, 5.74) is 5.85. The molecular weight excluding hydrogens is 436 g/mol. The third kappa shape index (κ3) is 5.22. The lowest BCUT2D eigenvalue weighted by Gasteiger charge is -2.16. The molecular formula is C25H28N4OS2. The fourth-order valence-electron chi connectivity index (χ4n) is 3.60. The molecule has 32 heavy (non-hydrogen) atoms. The summed E-state index contributed by atoms with van der Waals surface area (Å²) in [7, 11) is 0. The van der Waals surface area contributed by atoms with Crippen molar-refractivity contribution >= 4 is 23.1 Å². The zero-order chi connectivity index (χ0) is 22.7. The van der Waals surface area contributed by atoms with Gasteiger partial charge in [0.1, 0.15) is 10.8 Å². The molecule has 0 radical (unpaired) electrons. The second-order valence-corrected chi connectivity index (χ2v) is 9.77. The molecule has 7 heteroatoms. The average molecular weight is 465 g/mol. The van der Waals surface area contributed by atoms with E-state index in [-0.39, 0.29) is 6.10 Å². The SMILES string of the molecule is CCn1c(SCc2csc(-c3ccc(C)cc3)n2)nnc1C(C)Oc1cc(C)cc(C)c1. The van der Waals surface area contributed by atoms with Crippen molar-refractivity contribution in [3.05, 3.63) is 76.1 Å². The number of aryl methyl sites for hydroxylation is 3. The van der Waals surface area contributed by atoms with E-state index in [9.17, 15) is 0 Å². The topological polar surface area (TPSA) is 52.8 Å². The highest BCUT2D eigenvalue weighted by molar-refractivity contribution is 7.98. The molecule has 0 bridgehead atoms. The fraction of sp³-hybridized carbons (Fsp3) is 0.320. The number of hydrogen-bond donors (Lipinski definition) is 0. The van der Waals surface area contributed by atoms with Crippen molar-refractivity contribution in [2.75, 3.05) is 0 Å². The predicted molar refractivity (Wildman–Crippen MR) is 133 cm³/mol. The molecule has 0 amide bonds. The molecule has 2 heterocycles. The van der Waals surface area contributed by atoms with Crippen LogP contribution in [0.3, 0.4) is 0 Å². The van der Waals surface area contributed by atoms with E-state index in [1.54, 1.807) is 23.1 Å². The monoisotopic (exact) mass is 464 g/mol. The lowest BCUT2D eigenvalue weighted by atomic mass is 10.1. The van der Waals surface area contributed by atoms with Crippen molar-refractivity contribution in [2.24, 2.45) is 0 Å². The molecule has 2 aromatic heterocycles. The van der Waals surface area contributed by atoms with Gasteiger partial charge in [0.05, 0.1) is 5.69 Å². The van der Waals surface area contributed by atoms with Gasteiger partial charge in [-0.25, -0.2) is 4.98 Å². The molecule has 0 saturated carbocycles. The van der Waals surface area contributed by atoms with Crippen LogP contribution in [0.25, 0.3) is 10.6 Å². The van der Waals surface area contributed by atoms with Crippen LogP contribution in [0.15, 0.2) is 53.0 Å². The largest absolute Gasteiger partial charge is 0.483 e. The summed E-state index contributed by atoms with van der Waals surface area (Å²) in [6, 6.07) is 14.8. The minimum atomic E-state index is -0.189. The van der Waals surface area contributed by atoms with Crippen molar-refractivity contribution in [3.63, 3.8) is 0 Å². The number of thiazole rings is 1. The summed E-state index contributed by atoms with van der Waals surface area (Å²) in [5.74, 6) is 2.46. The highest BCUT2D eigenvalue weighted by atomic mass is 32.2. The van der Waals surface area contributed by atoms with Gasteiger partial charge in [-0.2, -0.15) is 0 Å². The van der Waals surface area contributed by atoms with Crippen LogP contribution in [0.4, 0.5) is 0 Å². The Bertz CT molecular complexity index is 1180. The van der Waals surface area contributed by atoms with Gasteiger partial charge in [0.15, 0.2) is 17.1 Å². The van der Waals surface area contributed by atoms with Crippen LogP contribution in [0.1, 0.15) is 48.2 Å². The number of rotatable bonds is 8. The summed E-state index contributed by atoms with van der Waals surface area (Å²) in [6.07, 6.45) is -0.189. The first-order valence-corrected chi connectivity index (χ1v) is 12.6. The van der Waals surface area contributed by atoms with Gasteiger partial charge in [0.2, 0.25) is 0 Å². The summed E-state index contributed by atoms with van der Waals surface area (Å²) >= 11 is 3.34. The molecule has 1 unspecified atom stereocenters. The number of benzene rings is 2. The second-order valence-electron chi connectivity index (χ2n) is 7.97. The van der Waals surface area contributed by atoms with Crippen LogP contribution in [0, 0.1) is 20.8 Å². The van der Waals surface area contributed by atoms with Crippen molar-refractivity contribution < 1.29 is 4.74 Å². The molecule has 0 spiro atoms. The number of ether oxygens (including phenoxy) is 1. The van der Waals surface area contributed by atoms with Gasteiger partial charge in [-0.15, -0.1) is 21.5 Å². The Labute approximate surface area is 197 Å². The Morgan fingerprint density at radius 3 is 2.41 bits per heavy atom. The van der Waals surface area contributed by atoms with E-state index >= 15 is 0 Å². The van der Waals surface area contributed by atoms with E-state index in [1.807, 2.05) is 6.92 Å². The van der Waals surface area contributed by atoms with E-state index in [1.165, 1.54) is 16.7 Å². The molecule has 0 fully saturated rings. The van der Waals surface area contributed by atoms with Gasteiger partial charge < -0.3 is 9.30 Å². The molecule has 2 aromatic carbocycles. The molecule has 4 rings (SSSR count). The van der Waals surface area contributed by atoms with E-state index in [2.05, 4.69) is 90.3 Å². The van der Waals surface area contributed by atoms with Crippen molar-refractivity contribution in [3.8, 4) is 16.3 Å².